The Bertz CT molecular complexity index is 440. The van der Waals surface area contributed by atoms with E-state index in [1.54, 1.807) is 13.8 Å². The Hall–Kier alpha value is -2.11. The quantitative estimate of drug-likeness (QED) is 0.743. The molecule has 2 amide bonds. The zero-order chi connectivity index (χ0) is 13.7. The van der Waals surface area contributed by atoms with Crippen LogP contribution in [-0.4, -0.2) is 29.5 Å². The van der Waals surface area contributed by atoms with E-state index in [1.807, 2.05) is 0 Å². The molecular formula is C12H15FN2O3. The number of phenols is 1. The molecule has 0 aromatic heterocycles. The minimum atomic E-state index is -0.836. The fourth-order valence-corrected chi connectivity index (χ4v) is 1.36. The maximum absolute atomic E-state index is 13.3. The first-order chi connectivity index (χ1) is 8.41. The van der Waals surface area contributed by atoms with Gasteiger partial charge in [-0.2, -0.15) is 0 Å². The van der Waals surface area contributed by atoms with Crippen LogP contribution in [0.1, 0.15) is 24.2 Å². The minimum absolute atomic E-state index is 0.0451. The van der Waals surface area contributed by atoms with E-state index in [2.05, 4.69) is 10.6 Å². The van der Waals surface area contributed by atoms with Crippen LogP contribution in [0.25, 0.3) is 0 Å². The van der Waals surface area contributed by atoms with E-state index in [4.69, 9.17) is 0 Å². The van der Waals surface area contributed by atoms with E-state index >= 15 is 0 Å². The molecule has 1 aromatic carbocycles. The largest absolute Gasteiger partial charge is 0.507 e. The van der Waals surface area contributed by atoms with Gasteiger partial charge in [-0.3, -0.25) is 9.59 Å². The smallest absolute Gasteiger partial charge is 0.258 e. The molecule has 0 atom stereocenters. The van der Waals surface area contributed by atoms with Crippen LogP contribution in [0.5, 0.6) is 5.75 Å². The minimum Gasteiger partial charge on any atom is -0.507 e. The van der Waals surface area contributed by atoms with Gasteiger partial charge in [-0.25, -0.2) is 4.39 Å². The Balaban J connectivity index is 2.64. The zero-order valence-corrected chi connectivity index (χ0v) is 10.2. The Morgan fingerprint density at radius 1 is 1.39 bits per heavy atom. The van der Waals surface area contributed by atoms with Gasteiger partial charge in [0.2, 0.25) is 5.91 Å². The molecule has 6 heteroatoms. The van der Waals surface area contributed by atoms with Gasteiger partial charge in [0.15, 0.2) is 0 Å². The molecule has 0 aliphatic rings. The number of hydrogen-bond donors (Lipinski definition) is 3. The topological polar surface area (TPSA) is 78.4 Å². The molecule has 0 radical (unpaired) electrons. The number of carbonyl (C=O) groups is 2. The summed E-state index contributed by atoms with van der Waals surface area (Å²) in [6, 6.07) is 3.50. The first kappa shape index (κ1) is 14.0. The van der Waals surface area contributed by atoms with E-state index in [0.29, 0.717) is 0 Å². The fourth-order valence-electron chi connectivity index (χ4n) is 1.36. The second-order valence-electron chi connectivity index (χ2n) is 4.04. The van der Waals surface area contributed by atoms with Crippen LogP contribution in [0.15, 0.2) is 18.2 Å². The molecule has 0 saturated carbocycles. The molecule has 0 aliphatic heterocycles. The van der Waals surface area contributed by atoms with Crippen molar-refractivity contribution in [3.63, 3.8) is 0 Å². The molecule has 0 fully saturated rings. The Morgan fingerprint density at radius 2 is 2.06 bits per heavy atom. The van der Waals surface area contributed by atoms with Crippen LogP contribution in [0, 0.1) is 5.82 Å². The molecule has 3 N–H and O–H groups in total. The standard InChI is InChI=1S/C12H15FN2O3/c1-7(2)15-10(17)6-14-12(18)11-8(13)4-3-5-9(11)16/h3-5,7,16H,6H2,1-2H3,(H,14,18)(H,15,17). The zero-order valence-electron chi connectivity index (χ0n) is 10.2. The highest BCUT2D eigenvalue weighted by Gasteiger charge is 2.17. The molecule has 0 bridgehead atoms. The molecule has 98 valence electrons. The number of nitrogens with one attached hydrogen (secondary N) is 2. The normalized spacial score (nSPS) is 10.2. The third kappa shape index (κ3) is 3.73. The number of phenolic OH excluding ortho intramolecular Hbond substituents is 1. The number of aromatic hydroxyl groups is 1. The second-order valence-corrected chi connectivity index (χ2v) is 4.04. The van der Waals surface area contributed by atoms with Gasteiger partial charge in [-0.15, -0.1) is 0 Å². The van der Waals surface area contributed by atoms with Crippen molar-refractivity contribution < 1.29 is 19.1 Å². The fraction of sp³-hybridized carbons (Fsp3) is 0.333. The average molecular weight is 254 g/mol. The SMILES string of the molecule is CC(C)NC(=O)CNC(=O)c1c(O)cccc1F. The van der Waals surface area contributed by atoms with Crippen LogP contribution < -0.4 is 10.6 Å². The molecule has 5 nitrogen and oxygen atoms in total. The summed E-state index contributed by atoms with van der Waals surface area (Å²) in [5.74, 6) is -2.51. The maximum atomic E-state index is 13.3. The van der Waals surface area contributed by atoms with Gasteiger partial charge in [0.1, 0.15) is 17.1 Å². The predicted molar refractivity (Wildman–Crippen MR) is 63.7 cm³/mol. The van der Waals surface area contributed by atoms with Crippen LogP contribution in [0.3, 0.4) is 0 Å². The van der Waals surface area contributed by atoms with Crippen LogP contribution in [-0.2, 0) is 4.79 Å². The van der Waals surface area contributed by atoms with Crippen molar-refractivity contribution in [2.45, 2.75) is 19.9 Å². The first-order valence-corrected chi connectivity index (χ1v) is 5.47. The van der Waals surface area contributed by atoms with Crippen molar-refractivity contribution in [2.75, 3.05) is 6.54 Å². The summed E-state index contributed by atoms with van der Waals surface area (Å²) in [5.41, 5.74) is -0.463. The van der Waals surface area contributed by atoms with Gasteiger partial charge in [0, 0.05) is 6.04 Å². The van der Waals surface area contributed by atoms with Crippen LogP contribution in [0.2, 0.25) is 0 Å². The second kappa shape index (κ2) is 6.00. The lowest BCUT2D eigenvalue weighted by atomic mass is 10.1. The third-order valence-corrected chi connectivity index (χ3v) is 2.08. The molecule has 1 aromatic rings. The van der Waals surface area contributed by atoms with Gasteiger partial charge in [0.25, 0.3) is 5.91 Å². The highest BCUT2D eigenvalue weighted by atomic mass is 19.1. The predicted octanol–water partition coefficient (Wildman–Crippen LogP) is 0.786. The van der Waals surface area contributed by atoms with E-state index < -0.39 is 23.0 Å². The van der Waals surface area contributed by atoms with E-state index in [1.165, 1.54) is 12.1 Å². The Morgan fingerprint density at radius 3 is 2.61 bits per heavy atom. The van der Waals surface area contributed by atoms with Crippen LogP contribution >= 0.6 is 0 Å². The van der Waals surface area contributed by atoms with Crippen molar-refractivity contribution in [3.8, 4) is 5.75 Å². The van der Waals surface area contributed by atoms with Gasteiger partial charge in [0.05, 0.1) is 6.54 Å². The van der Waals surface area contributed by atoms with E-state index in [9.17, 15) is 19.1 Å². The Labute approximate surface area is 104 Å². The number of carbonyl (C=O) groups excluding carboxylic acids is 2. The Kier molecular flexibility index (Phi) is 4.65. The number of hydrogen-bond acceptors (Lipinski definition) is 3. The summed E-state index contributed by atoms with van der Waals surface area (Å²) in [4.78, 5) is 22.9. The van der Waals surface area contributed by atoms with Crippen molar-refractivity contribution in [3.05, 3.63) is 29.6 Å². The highest BCUT2D eigenvalue weighted by molar-refractivity contribution is 5.98. The summed E-state index contributed by atoms with van der Waals surface area (Å²) in [5, 5.41) is 14.2. The monoisotopic (exact) mass is 254 g/mol. The molecule has 0 aliphatic carbocycles. The number of rotatable bonds is 4. The van der Waals surface area contributed by atoms with Gasteiger partial charge in [-0.1, -0.05) is 6.07 Å². The lowest BCUT2D eigenvalue weighted by molar-refractivity contribution is -0.120. The first-order valence-electron chi connectivity index (χ1n) is 5.47. The van der Waals surface area contributed by atoms with Gasteiger partial charge in [-0.05, 0) is 26.0 Å². The number of benzene rings is 1. The van der Waals surface area contributed by atoms with Crippen molar-refractivity contribution in [1.29, 1.82) is 0 Å². The molecule has 0 saturated heterocycles. The summed E-state index contributed by atoms with van der Waals surface area (Å²) in [6.45, 7) is 3.29. The third-order valence-electron chi connectivity index (χ3n) is 2.08. The van der Waals surface area contributed by atoms with E-state index in [0.717, 1.165) is 6.07 Å². The molecule has 1 rings (SSSR count). The van der Waals surface area contributed by atoms with E-state index in [-0.39, 0.29) is 18.5 Å². The summed E-state index contributed by atoms with van der Waals surface area (Å²) < 4.78 is 13.3. The highest BCUT2D eigenvalue weighted by Crippen LogP contribution is 2.19. The average Bonchev–Trinajstić information content (AvgIpc) is 2.25. The van der Waals surface area contributed by atoms with Crippen molar-refractivity contribution in [1.82, 2.24) is 10.6 Å². The molecule has 0 spiro atoms. The van der Waals surface area contributed by atoms with Gasteiger partial charge >= 0.3 is 0 Å². The summed E-state index contributed by atoms with van der Waals surface area (Å²) in [6.07, 6.45) is 0. The molecule has 18 heavy (non-hydrogen) atoms. The number of amides is 2. The molecular weight excluding hydrogens is 239 g/mol. The molecule has 0 heterocycles. The lowest BCUT2D eigenvalue weighted by Crippen LogP contribution is -2.40. The summed E-state index contributed by atoms with van der Waals surface area (Å²) in [7, 11) is 0. The van der Waals surface area contributed by atoms with Crippen molar-refractivity contribution >= 4 is 11.8 Å². The lowest BCUT2D eigenvalue weighted by Gasteiger charge is -2.10. The van der Waals surface area contributed by atoms with Gasteiger partial charge < -0.3 is 15.7 Å². The maximum Gasteiger partial charge on any atom is 0.258 e. The van der Waals surface area contributed by atoms with Crippen LogP contribution in [0.4, 0.5) is 4.39 Å². The molecule has 0 unspecified atom stereocenters. The number of halogens is 1. The summed E-state index contributed by atoms with van der Waals surface area (Å²) >= 11 is 0. The van der Waals surface area contributed by atoms with Crippen molar-refractivity contribution in [2.24, 2.45) is 0 Å².